The summed E-state index contributed by atoms with van der Waals surface area (Å²) < 4.78 is 5.51. The van der Waals surface area contributed by atoms with Crippen LogP contribution in [0.25, 0.3) is 11.1 Å². The van der Waals surface area contributed by atoms with Crippen molar-refractivity contribution in [2.45, 2.75) is 38.3 Å². The van der Waals surface area contributed by atoms with E-state index in [-0.39, 0.29) is 17.7 Å². The Morgan fingerprint density at radius 3 is 2.23 bits per heavy atom. The van der Waals surface area contributed by atoms with Gasteiger partial charge in [0.05, 0.1) is 7.11 Å². The largest absolute Gasteiger partial charge is 0.496 e. The third kappa shape index (κ3) is 5.64. The summed E-state index contributed by atoms with van der Waals surface area (Å²) in [6.07, 6.45) is 3.93. The molecule has 1 saturated carbocycles. The number of nitrogens with one attached hydrogen (secondary N) is 2. The molecule has 3 rings (SSSR count). The standard InChI is InChI=1S/C25H33N3O3/c1-26-22-12-9-18(10-13-22)24(29)27-16-21-15-20(11-14-23(21)31-4)17-5-7-19(8-6-17)25(30)28(2)3/h5-8,11,14-15,18,22,26H,9-10,12-13,16H2,1-4H3,(H,27,29). The minimum atomic E-state index is -0.0200. The van der Waals surface area contributed by atoms with Gasteiger partial charge in [-0.05, 0) is 68.1 Å². The number of ether oxygens (including phenoxy) is 1. The monoisotopic (exact) mass is 423 g/mol. The number of methoxy groups -OCH3 is 1. The van der Waals surface area contributed by atoms with Crippen LogP contribution >= 0.6 is 0 Å². The van der Waals surface area contributed by atoms with Crippen LogP contribution in [0.15, 0.2) is 42.5 Å². The maximum Gasteiger partial charge on any atom is 0.253 e. The summed E-state index contributed by atoms with van der Waals surface area (Å²) in [6.45, 7) is 0.430. The molecule has 31 heavy (non-hydrogen) atoms. The second-order valence-corrected chi connectivity index (χ2v) is 8.36. The summed E-state index contributed by atoms with van der Waals surface area (Å²) in [5.74, 6) is 0.935. The molecule has 1 aliphatic carbocycles. The first-order valence-corrected chi connectivity index (χ1v) is 10.9. The average molecular weight is 424 g/mol. The lowest BCUT2D eigenvalue weighted by Gasteiger charge is -2.27. The van der Waals surface area contributed by atoms with E-state index in [0.717, 1.165) is 48.1 Å². The highest BCUT2D eigenvalue weighted by Crippen LogP contribution is 2.28. The lowest BCUT2D eigenvalue weighted by molar-refractivity contribution is -0.126. The van der Waals surface area contributed by atoms with Crippen LogP contribution in [-0.4, -0.2) is 51.0 Å². The lowest BCUT2D eigenvalue weighted by Crippen LogP contribution is -2.37. The molecule has 1 fully saturated rings. The SMILES string of the molecule is CNC1CCC(C(=O)NCc2cc(-c3ccc(C(=O)N(C)C)cc3)ccc2OC)CC1. The van der Waals surface area contributed by atoms with Gasteiger partial charge in [-0.25, -0.2) is 0 Å². The van der Waals surface area contributed by atoms with E-state index in [2.05, 4.69) is 10.6 Å². The number of hydrogen-bond acceptors (Lipinski definition) is 4. The first-order valence-electron chi connectivity index (χ1n) is 10.9. The molecule has 0 spiro atoms. The topological polar surface area (TPSA) is 70.7 Å². The molecule has 0 saturated heterocycles. The quantitative estimate of drug-likeness (QED) is 0.716. The van der Waals surface area contributed by atoms with Crippen LogP contribution in [0, 0.1) is 5.92 Å². The normalized spacial score (nSPS) is 18.3. The smallest absolute Gasteiger partial charge is 0.253 e. The first kappa shape index (κ1) is 22.8. The molecule has 0 atom stereocenters. The molecule has 2 aromatic rings. The number of nitrogens with zero attached hydrogens (tertiary/aromatic N) is 1. The van der Waals surface area contributed by atoms with Crippen LogP contribution in [-0.2, 0) is 11.3 Å². The number of carbonyl (C=O) groups is 2. The van der Waals surface area contributed by atoms with Crippen molar-refractivity contribution in [1.29, 1.82) is 0 Å². The molecule has 2 N–H and O–H groups in total. The zero-order valence-corrected chi connectivity index (χ0v) is 18.9. The van der Waals surface area contributed by atoms with E-state index in [0.29, 0.717) is 18.2 Å². The van der Waals surface area contributed by atoms with Crippen molar-refractivity contribution >= 4 is 11.8 Å². The summed E-state index contributed by atoms with van der Waals surface area (Å²) in [4.78, 5) is 26.3. The fourth-order valence-electron chi connectivity index (χ4n) is 4.13. The van der Waals surface area contributed by atoms with Gasteiger partial charge in [-0.2, -0.15) is 0 Å². The van der Waals surface area contributed by atoms with Gasteiger partial charge in [-0.3, -0.25) is 9.59 Å². The molecule has 0 heterocycles. The van der Waals surface area contributed by atoms with Crippen molar-refractivity contribution < 1.29 is 14.3 Å². The third-order valence-electron chi connectivity index (χ3n) is 6.11. The summed E-state index contributed by atoms with van der Waals surface area (Å²) in [5.41, 5.74) is 3.62. The van der Waals surface area contributed by atoms with Gasteiger partial charge in [0.2, 0.25) is 5.91 Å². The summed E-state index contributed by atoms with van der Waals surface area (Å²) >= 11 is 0. The van der Waals surface area contributed by atoms with E-state index < -0.39 is 0 Å². The molecular weight excluding hydrogens is 390 g/mol. The second kappa shape index (κ2) is 10.4. The van der Waals surface area contributed by atoms with Crippen molar-refractivity contribution in [3.8, 4) is 16.9 Å². The number of amides is 2. The van der Waals surface area contributed by atoms with Crippen LogP contribution in [0.2, 0.25) is 0 Å². The minimum absolute atomic E-state index is 0.0200. The fourth-order valence-corrected chi connectivity index (χ4v) is 4.13. The Morgan fingerprint density at radius 1 is 1.00 bits per heavy atom. The Balaban J connectivity index is 1.69. The molecule has 6 nitrogen and oxygen atoms in total. The van der Waals surface area contributed by atoms with Gasteiger partial charge in [0.15, 0.2) is 0 Å². The van der Waals surface area contributed by atoms with Crippen LogP contribution in [0.1, 0.15) is 41.6 Å². The van der Waals surface area contributed by atoms with Gasteiger partial charge in [-0.15, -0.1) is 0 Å². The lowest BCUT2D eigenvalue weighted by atomic mass is 9.85. The highest BCUT2D eigenvalue weighted by Gasteiger charge is 2.25. The first-order chi connectivity index (χ1) is 14.9. The predicted octanol–water partition coefficient (Wildman–Crippen LogP) is 3.46. The van der Waals surface area contributed by atoms with Gasteiger partial charge < -0.3 is 20.3 Å². The van der Waals surface area contributed by atoms with E-state index in [1.807, 2.05) is 49.5 Å². The summed E-state index contributed by atoms with van der Waals surface area (Å²) in [7, 11) is 7.11. The molecule has 0 unspecified atom stereocenters. The van der Waals surface area contributed by atoms with Gasteiger partial charge >= 0.3 is 0 Å². The van der Waals surface area contributed by atoms with E-state index in [1.54, 1.807) is 26.1 Å². The zero-order chi connectivity index (χ0) is 22.4. The van der Waals surface area contributed by atoms with Gasteiger partial charge in [-0.1, -0.05) is 18.2 Å². The minimum Gasteiger partial charge on any atom is -0.496 e. The van der Waals surface area contributed by atoms with Crippen molar-refractivity contribution in [3.63, 3.8) is 0 Å². The Hall–Kier alpha value is -2.86. The molecule has 0 radical (unpaired) electrons. The Bertz CT molecular complexity index is 901. The molecule has 1 aliphatic rings. The van der Waals surface area contributed by atoms with E-state index in [1.165, 1.54) is 0 Å². The zero-order valence-electron chi connectivity index (χ0n) is 18.9. The average Bonchev–Trinajstić information content (AvgIpc) is 2.81. The molecule has 0 aliphatic heterocycles. The van der Waals surface area contributed by atoms with Crippen molar-refractivity contribution in [2.24, 2.45) is 5.92 Å². The number of rotatable bonds is 7. The predicted molar refractivity (Wildman–Crippen MR) is 123 cm³/mol. The van der Waals surface area contributed by atoms with Gasteiger partial charge in [0.25, 0.3) is 5.91 Å². The highest BCUT2D eigenvalue weighted by molar-refractivity contribution is 5.94. The number of hydrogen-bond donors (Lipinski definition) is 2. The third-order valence-corrected chi connectivity index (χ3v) is 6.11. The molecule has 0 bridgehead atoms. The summed E-state index contributed by atoms with van der Waals surface area (Å²) in [6, 6.07) is 14.1. The van der Waals surface area contributed by atoms with Crippen molar-refractivity contribution in [1.82, 2.24) is 15.5 Å². The van der Waals surface area contributed by atoms with Gasteiger partial charge in [0.1, 0.15) is 5.75 Å². The van der Waals surface area contributed by atoms with E-state index >= 15 is 0 Å². The van der Waals surface area contributed by atoms with Crippen LogP contribution in [0.4, 0.5) is 0 Å². The molecule has 0 aromatic heterocycles. The Morgan fingerprint density at radius 2 is 1.65 bits per heavy atom. The van der Waals surface area contributed by atoms with Crippen LogP contribution in [0.3, 0.4) is 0 Å². The molecule has 2 aromatic carbocycles. The van der Waals surface area contributed by atoms with Gasteiger partial charge in [0, 0.05) is 43.7 Å². The van der Waals surface area contributed by atoms with E-state index in [9.17, 15) is 9.59 Å². The van der Waals surface area contributed by atoms with Crippen LogP contribution in [0.5, 0.6) is 5.75 Å². The number of carbonyl (C=O) groups excluding carboxylic acids is 2. The summed E-state index contributed by atoms with van der Waals surface area (Å²) in [5, 5.41) is 6.41. The Labute approximate surface area is 185 Å². The Kier molecular flexibility index (Phi) is 7.69. The highest BCUT2D eigenvalue weighted by atomic mass is 16.5. The molecule has 2 amide bonds. The molecule has 166 valence electrons. The van der Waals surface area contributed by atoms with Crippen LogP contribution < -0.4 is 15.4 Å². The fraction of sp³-hybridized carbons (Fsp3) is 0.440. The van der Waals surface area contributed by atoms with E-state index in [4.69, 9.17) is 4.74 Å². The molecule has 6 heteroatoms. The number of benzene rings is 2. The molecular formula is C25H33N3O3. The van der Waals surface area contributed by atoms with Crippen molar-refractivity contribution in [3.05, 3.63) is 53.6 Å². The van der Waals surface area contributed by atoms with Crippen molar-refractivity contribution in [2.75, 3.05) is 28.3 Å². The maximum atomic E-state index is 12.7. The maximum absolute atomic E-state index is 12.7. The second-order valence-electron chi connectivity index (χ2n) is 8.36.